The summed E-state index contributed by atoms with van der Waals surface area (Å²) in [4.78, 5) is 25.7. The first-order valence-corrected chi connectivity index (χ1v) is 9.81. The molecule has 29 heavy (non-hydrogen) atoms. The molecule has 0 radical (unpaired) electrons. The van der Waals surface area contributed by atoms with Crippen LogP contribution in [0.25, 0.3) is 11.5 Å². The molecule has 154 valence electrons. The Balaban J connectivity index is 1.39. The van der Waals surface area contributed by atoms with Crippen LogP contribution < -0.4 is 9.47 Å². The second-order valence-electron chi connectivity index (χ2n) is 7.00. The minimum absolute atomic E-state index is 0.0226. The van der Waals surface area contributed by atoms with Gasteiger partial charge in [-0.05, 0) is 38.0 Å². The summed E-state index contributed by atoms with van der Waals surface area (Å²) in [6.45, 7) is 3.45. The Hall–Kier alpha value is -3.10. The van der Waals surface area contributed by atoms with Crippen LogP contribution in [0.3, 0.4) is 0 Å². The maximum atomic E-state index is 12.4. The van der Waals surface area contributed by atoms with Gasteiger partial charge in [0.25, 0.3) is 0 Å². The van der Waals surface area contributed by atoms with E-state index in [1.807, 2.05) is 18.2 Å². The zero-order chi connectivity index (χ0) is 20.2. The number of carbonyl (C=O) groups is 2. The SMILES string of the molecule is CCOC(=O)CCC(=O)N1CCC[C@@H](c2nnc(-c3ccc4c(c3)OCO4)o2)C1. The zero-order valence-corrected chi connectivity index (χ0v) is 16.3. The Morgan fingerprint density at radius 2 is 2.07 bits per heavy atom. The van der Waals surface area contributed by atoms with Crippen molar-refractivity contribution in [2.75, 3.05) is 26.5 Å². The maximum absolute atomic E-state index is 12.4. The van der Waals surface area contributed by atoms with Crippen LogP contribution in [0.1, 0.15) is 44.4 Å². The maximum Gasteiger partial charge on any atom is 0.306 e. The van der Waals surface area contributed by atoms with E-state index in [0.717, 1.165) is 18.4 Å². The molecular formula is C20H23N3O6. The van der Waals surface area contributed by atoms with Gasteiger partial charge in [-0.15, -0.1) is 10.2 Å². The van der Waals surface area contributed by atoms with Crippen LogP contribution in [0.2, 0.25) is 0 Å². The molecule has 0 aliphatic carbocycles. The van der Waals surface area contributed by atoms with E-state index in [-0.39, 0.29) is 37.4 Å². The molecule has 2 aromatic rings. The van der Waals surface area contributed by atoms with Gasteiger partial charge in [0.05, 0.1) is 18.9 Å². The third kappa shape index (κ3) is 4.33. The van der Waals surface area contributed by atoms with Crippen molar-refractivity contribution >= 4 is 11.9 Å². The van der Waals surface area contributed by atoms with Crippen molar-refractivity contribution in [3.8, 4) is 23.0 Å². The highest BCUT2D eigenvalue weighted by Gasteiger charge is 2.29. The summed E-state index contributed by atoms with van der Waals surface area (Å²) in [5, 5.41) is 8.36. The molecule has 0 bridgehead atoms. The fourth-order valence-electron chi connectivity index (χ4n) is 3.55. The number of fused-ring (bicyclic) bond motifs is 1. The predicted molar refractivity (Wildman–Crippen MR) is 100 cm³/mol. The third-order valence-corrected chi connectivity index (χ3v) is 5.03. The van der Waals surface area contributed by atoms with Gasteiger partial charge in [-0.2, -0.15) is 0 Å². The Morgan fingerprint density at radius 3 is 2.93 bits per heavy atom. The molecule has 3 heterocycles. The Labute approximate surface area is 167 Å². The van der Waals surface area contributed by atoms with Crippen LogP contribution in [-0.4, -0.2) is 53.5 Å². The topological polar surface area (TPSA) is 104 Å². The molecule has 9 nitrogen and oxygen atoms in total. The molecule has 4 rings (SSSR count). The van der Waals surface area contributed by atoms with E-state index in [9.17, 15) is 9.59 Å². The van der Waals surface area contributed by atoms with E-state index in [2.05, 4.69) is 10.2 Å². The normalized spacial score (nSPS) is 18.0. The van der Waals surface area contributed by atoms with Gasteiger partial charge in [0, 0.05) is 25.1 Å². The van der Waals surface area contributed by atoms with Crippen LogP contribution in [0, 0.1) is 0 Å². The molecule has 2 aliphatic rings. The molecule has 0 spiro atoms. The number of likely N-dealkylation sites (tertiary alicyclic amines) is 1. The van der Waals surface area contributed by atoms with Crippen LogP contribution in [-0.2, 0) is 14.3 Å². The lowest BCUT2D eigenvalue weighted by atomic mass is 9.97. The first-order valence-electron chi connectivity index (χ1n) is 9.81. The van der Waals surface area contributed by atoms with Gasteiger partial charge in [0.2, 0.25) is 24.5 Å². The number of hydrogen-bond acceptors (Lipinski definition) is 8. The van der Waals surface area contributed by atoms with E-state index >= 15 is 0 Å². The highest BCUT2D eigenvalue weighted by molar-refractivity contribution is 5.81. The smallest absolute Gasteiger partial charge is 0.306 e. The minimum atomic E-state index is -0.348. The first kappa shape index (κ1) is 19.2. The highest BCUT2D eigenvalue weighted by Crippen LogP contribution is 2.36. The number of amides is 1. The standard InChI is InChI=1S/C20H23N3O6/c1-2-26-18(25)8-7-17(24)23-9-3-4-14(11-23)20-22-21-19(29-20)13-5-6-15-16(10-13)28-12-27-15/h5-6,10,14H,2-4,7-9,11-12H2,1H3/t14-/m1/s1. The van der Waals surface area contributed by atoms with E-state index in [1.165, 1.54) is 0 Å². The number of ether oxygens (including phenoxy) is 3. The van der Waals surface area contributed by atoms with Crippen molar-refractivity contribution in [1.82, 2.24) is 15.1 Å². The van der Waals surface area contributed by atoms with Crippen molar-refractivity contribution in [2.45, 2.75) is 38.5 Å². The summed E-state index contributed by atoms with van der Waals surface area (Å²) < 4.78 is 21.5. The number of carbonyl (C=O) groups excluding carboxylic acids is 2. The monoisotopic (exact) mass is 401 g/mol. The average molecular weight is 401 g/mol. The average Bonchev–Trinajstić information content (AvgIpc) is 3.41. The van der Waals surface area contributed by atoms with E-state index in [1.54, 1.807) is 11.8 Å². The number of benzene rings is 1. The van der Waals surface area contributed by atoms with Gasteiger partial charge in [0.1, 0.15) is 0 Å². The number of piperidine rings is 1. The van der Waals surface area contributed by atoms with Crippen LogP contribution in [0.5, 0.6) is 11.5 Å². The fraction of sp³-hybridized carbons (Fsp3) is 0.500. The van der Waals surface area contributed by atoms with Crippen molar-refractivity contribution in [3.05, 3.63) is 24.1 Å². The van der Waals surface area contributed by atoms with Crippen LogP contribution in [0.4, 0.5) is 0 Å². The Morgan fingerprint density at radius 1 is 1.21 bits per heavy atom. The van der Waals surface area contributed by atoms with Crippen molar-refractivity contribution in [3.63, 3.8) is 0 Å². The van der Waals surface area contributed by atoms with Crippen LogP contribution >= 0.6 is 0 Å². The van der Waals surface area contributed by atoms with Crippen molar-refractivity contribution in [1.29, 1.82) is 0 Å². The molecular weight excluding hydrogens is 378 g/mol. The highest BCUT2D eigenvalue weighted by atomic mass is 16.7. The largest absolute Gasteiger partial charge is 0.466 e. The number of aromatic nitrogens is 2. The Kier molecular flexibility index (Phi) is 5.64. The van der Waals surface area contributed by atoms with Gasteiger partial charge in [-0.3, -0.25) is 9.59 Å². The third-order valence-electron chi connectivity index (χ3n) is 5.03. The number of hydrogen-bond donors (Lipinski definition) is 0. The summed E-state index contributed by atoms with van der Waals surface area (Å²) in [7, 11) is 0. The predicted octanol–water partition coefficient (Wildman–Crippen LogP) is 2.51. The second kappa shape index (κ2) is 8.50. The zero-order valence-electron chi connectivity index (χ0n) is 16.3. The lowest BCUT2D eigenvalue weighted by Gasteiger charge is -2.31. The summed E-state index contributed by atoms with van der Waals surface area (Å²) in [5.41, 5.74) is 0.756. The van der Waals surface area contributed by atoms with Crippen molar-refractivity contribution < 1.29 is 28.2 Å². The van der Waals surface area contributed by atoms with Gasteiger partial charge in [0.15, 0.2) is 11.5 Å². The lowest BCUT2D eigenvalue weighted by Crippen LogP contribution is -2.39. The molecule has 1 atom stereocenters. The molecule has 0 N–H and O–H groups in total. The van der Waals surface area contributed by atoms with E-state index in [4.69, 9.17) is 18.6 Å². The van der Waals surface area contributed by atoms with Gasteiger partial charge in [-0.25, -0.2) is 0 Å². The molecule has 1 saturated heterocycles. The van der Waals surface area contributed by atoms with Gasteiger partial charge in [-0.1, -0.05) is 0 Å². The number of rotatable bonds is 6. The molecule has 1 aromatic carbocycles. The fourth-order valence-corrected chi connectivity index (χ4v) is 3.55. The summed E-state index contributed by atoms with van der Waals surface area (Å²) in [5.74, 6) is 1.84. The molecule has 1 amide bonds. The summed E-state index contributed by atoms with van der Waals surface area (Å²) >= 11 is 0. The van der Waals surface area contributed by atoms with Crippen molar-refractivity contribution in [2.24, 2.45) is 0 Å². The van der Waals surface area contributed by atoms with E-state index < -0.39 is 0 Å². The number of esters is 1. The van der Waals surface area contributed by atoms with E-state index in [0.29, 0.717) is 43.0 Å². The molecule has 9 heteroatoms. The first-order chi connectivity index (χ1) is 14.1. The summed E-state index contributed by atoms with van der Waals surface area (Å²) in [6.07, 6.45) is 1.96. The number of nitrogens with zero attached hydrogens (tertiary/aromatic N) is 3. The van der Waals surface area contributed by atoms with Gasteiger partial charge < -0.3 is 23.5 Å². The lowest BCUT2D eigenvalue weighted by molar-refractivity contribution is -0.146. The Bertz CT molecular complexity index is 896. The summed E-state index contributed by atoms with van der Waals surface area (Å²) in [6, 6.07) is 5.47. The van der Waals surface area contributed by atoms with Crippen LogP contribution in [0.15, 0.2) is 22.6 Å². The van der Waals surface area contributed by atoms with Gasteiger partial charge >= 0.3 is 5.97 Å². The minimum Gasteiger partial charge on any atom is -0.466 e. The molecule has 2 aliphatic heterocycles. The molecule has 0 saturated carbocycles. The molecule has 1 fully saturated rings. The molecule has 1 aromatic heterocycles. The quantitative estimate of drug-likeness (QED) is 0.680. The second-order valence-corrected chi connectivity index (χ2v) is 7.00. The molecule has 0 unspecified atom stereocenters.